The number of nitrogens with zero attached hydrogens (tertiary/aromatic N) is 1. The fourth-order valence-corrected chi connectivity index (χ4v) is 2.86. The lowest BCUT2D eigenvalue weighted by atomic mass is 9.99. The van der Waals surface area contributed by atoms with Crippen LogP contribution in [0.25, 0.3) is 0 Å². The van der Waals surface area contributed by atoms with Gasteiger partial charge in [0, 0.05) is 34.9 Å². The third-order valence-electron chi connectivity index (χ3n) is 3.45. The van der Waals surface area contributed by atoms with E-state index in [1.54, 1.807) is 11.0 Å². The fourth-order valence-electron chi connectivity index (χ4n) is 2.14. The standard InChI is InChI=1S/C14H16BrClN2O2/c1-8-5-10(15)12(6-11(8)16)17-14(20)18-4-3-13(19)9(2)7-18/h5-6,9H,3-4,7H2,1-2H3,(H,17,20). The van der Waals surface area contributed by atoms with Crippen LogP contribution in [0.3, 0.4) is 0 Å². The predicted molar refractivity (Wildman–Crippen MR) is 83.3 cm³/mol. The number of piperidine rings is 1. The van der Waals surface area contributed by atoms with Crippen molar-refractivity contribution in [2.45, 2.75) is 20.3 Å². The number of carbonyl (C=O) groups excluding carboxylic acids is 2. The molecule has 1 aromatic carbocycles. The number of urea groups is 1. The third kappa shape index (κ3) is 3.33. The van der Waals surface area contributed by atoms with Gasteiger partial charge >= 0.3 is 6.03 Å². The molecular formula is C14H16BrClN2O2. The molecule has 0 spiro atoms. The number of halogens is 2. The second-order valence-corrected chi connectivity index (χ2v) is 6.34. The molecule has 2 rings (SSSR count). The number of hydrogen-bond acceptors (Lipinski definition) is 2. The Kier molecular flexibility index (Phi) is 4.70. The molecule has 1 aromatic rings. The Balaban J connectivity index is 2.08. The van der Waals surface area contributed by atoms with Crippen molar-refractivity contribution >= 4 is 45.0 Å². The first-order valence-corrected chi connectivity index (χ1v) is 7.60. The van der Waals surface area contributed by atoms with Gasteiger partial charge in [0.1, 0.15) is 5.78 Å². The molecule has 2 amide bonds. The third-order valence-corrected chi connectivity index (χ3v) is 4.51. The van der Waals surface area contributed by atoms with E-state index in [0.717, 1.165) is 10.0 Å². The van der Waals surface area contributed by atoms with E-state index in [2.05, 4.69) is 21.2 Å². The highest BCUT2D eigenvalue weighted by Crippen LogP contribution is 2.29. The van der Waals surface area contributed by atoms with Gasteiger partial charge in [-0.05, 0) is 40.5 Å². The minimum Gasteiger partial charge on any atom is -0.323 e. The zero-order chi connectivity index (χ0) is 14.9. The Morgan fingerprint density at radius 3 is 2.85 bits per heavy atom. The van der Waals surface area contributed by atoms with Crippen molar-refractivity contribution in [1.29, 1.82) is 0 Å². The summed E-state index contributed by atoms with van der Waals surface area (Å²) in [5.74, 6) is 0.119. The Hall–Kier alpha value is -1.07. The van der Waals surface area contributed by atoms with Gasteiger partial charge < -0.3 is 10.2 Å². The quantitative estimate of drug-likeness (QED) is 0.828. The van der Waals surface area contributed by atoms with Crippen molar-refractivity contribution in [3.63, 3.8) is 0 Å². The van der Waals surface area contributed by atoms with Gasteiger partial charge in [0.05, 0.1) is 5.69 Å². The first kappa shape index (κ1) is 15.3. The summed E-state index contributed by atoms with van der Waals surface area (Å²) in [7, 11) is 0. The predicted octanol–water partition coefficient (Wildman–Crippen LogP) is 3.85. The maximum Gasteiger partial charge on any atom is 0.321 e. The second-order valence-electron chi connectivity index (χ2n) is 5.07. The van der Waals surface area contributed by atoms with E-state index in [1.165, 1.54) is 0 Å². The molecule has 1 N–H and O–H groups in total. The van der Waals surface area contributed by atoms with Crippen LogP contribution < -0.4 is 5.32 Å². The zero-order valence-electron chi connectivity index (χ0n) is 11.4. The van der Waals surface area contributed by atoms with Gasteiger partial charge in [-0.2, -0.15) is 0 Å². The summed E-state index contributed by atoms with van der Waals surface area (Å²) in [5, 5.41) is 3.43. The molecule has 1 aliphatic heterocycles. The SMILES string of the molecule is Cc1cc(Br)c(NC(=O)N2CCC(=O)C(C)C2)cc1Cl. The van der Waals surface area contributed by atoms with Crippen molar-refractivity contribution in [2.24, 2.45) is 5.92 Å². The van der Waals surface area contributed by atoms with Crippen LogP contribution in [0.15, 0.2) is 16.6 Å². The Morgan fingerprint density at radius 1 is 1.50 bits per heavy atom. The average molecular weight is 360 g/mol. The van der Waals surface area contributed by atoms with Crippen LogP contribution in [0.4, 0.5) is 10.5 Å². The normalized spacial score (nSPS) is 19.1. The molecule has 1 unspecified atom stereocenters. The fraction of sp³-hybridized carbons (Fsp3) is 0.429. The van der Waals surface area contributed by atoms with E-state index < -0.39 is 0 Å². The molecule has 1 heterocycles. The molecule has 20 heavy (non-hydrogen) atoms. The van der Waals surface area contributed by atoms with Crippen molar-refractivity contribution in [3.05, 3.63) is 27.2 Å². The number of hydrogen-bond donors (Lipinski definition) is 1. The first-order chi connectivity index (χ1) is 9.38. The summed E-state index contributed by atoms with van der Waals surface area (Å²) < 4.78 is 0.786. The van der Waals surface area contributed by atoms with Gasteiger partial charge in [0.25, 0.3) is 0 Å². The molecule has 1 aliphatic rings. The van der Waals surface area contributed by atoms with Crippen molar-refractivity contribution in [1.82, 2.24) is 4.90 Å². The molecule has 1 saturated heterocycles. The largest absolute Gasteiger partial charge is 0.323 e. The van der Waals surface area contributed by atoms with Crippen LogP contribution in [0.2, 0.25) is 5.02 Å². The maximum absolute atomic E-state index is 12.2. The number of aryl methyl sites for hydroxylation is 1. The zero-order valence-corrected chi connectivity index (χ0v) is 13.7. The van der Waals surface area contributed by atoms with E-state index in [1.807, 2.05) is 19.9 Å². The minimum absolute atomic E-state index is 0.0976. The number of amides is 2. The lowest BCUT2D eigenvalue weighted by Crippen LogP contribution is -2.45. The number of anilines is 1. The highest BCUT2D eigenvalue weighted by molar-refractivity contribution is 9.10. The van der Waals surface area contributed by atoms with Crippen LogP contribution in [0.1, 0.15) is 18.9 Å². The van der Waals surface area contributed by atoms with Gasteiger partial charge in [-0.3, -0.25) is 4.79 Å². The maximum atomic E-state index is 12.2. The summed E-state index contributed by atoms with van der Waals surface area (Å²) in [4.78, 5) is 25.3. The second kappa shape index (κ2) is 6.14. The van der Waals surface area contributed by atoms with Crippen LogP contribution in [0.5, 0.6) is 0 Å². The van der Waals surface area contributed by atoms with E-state index in [-0.39, 0.29) is 17.7 Å². The lowest BCUT2D eigenvalue weighted by molar-refractivity contribution is -0.124. The van der Waals surface area contributed by atoms with E-state index in [4.69, 9.17) is 11.6 Å². The van der Waals surface area contributed by atoms with Gasteiger partial charge in [0.15, 0.2) is 0 Å². The van der Waals surface area contributed by atoms with Crippen LogP contribution in [-0.2, 0) is 4.79 Å². The molecule has 0 radical (unpaired) electrons. The van der Waals surface area contributed by atoms with Crippen molar-refractivity contribution in [3.8, 4) is 0 Å². The summed E-state index contributed by atoms with van der Waals surface area (Å²) in [6.07, 6.45) is 0.421. The molecule has 6 heteroatoms. The number of likely N-dealkylation sites (tertiary alicyclic amines) is 1. The van der Waals surface area contributed by atoms with Gasteiger partial charge in [-0.25, -0.2) is 4.79 Å². The Bertz CT molecular complexity index is 562. The van der Waals surface area contributed by atoms with Crippen LogP contribution >= 0.6 is 27.5 Å². The smallest absolute Gasteiger partial charge is 0.321 e. The van der Waals surface area contributed by atoms with Crippen LogP contribution in [0, 0.1) is 12.8 Å². The summed E-state index contributed by atoms with van der Waals surface area (Å²) in [5.41, 5.74) is 1.57. The van der Waals surface area contributed by atoms with Crippen molar-refractivity contribution < 1.29 is 9.59 Å². The summed E-state index contributed by atoms with van der Waals surface area (Å²) in [6, 6.07) is 3.38. The topological polar surface area (TPSA) is 49.4 Å². The molecule has 1 atom stereocenters. The average Bonchev–Trinajstić information content (AvgIpc) is 2.39. The van der Waals surface area contributed by atoms with Gasteiger partial charge in [-0.1, -0.05) is 18.5 Å². The van der Waals surface area contributed by atoms with Crippen LogP contribution in [-0.4, -0.2) is 29.8 Å². The minimum atomic E-state index is -0.204. The Morgan fingerprint density at radius 2 is 2.20 bits per heavy atom. The molecule has 0 saturated carbocycles. The number of rotatable bonds is 1. The highest BCUT2D eigenvalue weighted by Gasteiger charge is 2.26. The first-order valence-electron chi connectivity index (χ1n) is 6.42. The van der Waals surface area contributed by atoms with E-state index >= 15 is 0 Å². The highest BCUT2D eigenvalue weighted by atomic mass is 79.9. The molecular weight excluding hydrogens is 344 g/mol. The molecule has 108 valence electrons. The molecule has 1 fully saturated rings. The number of Topliss-reactive ketones (excluding diaryl/α,β-unsaturated/α-hetero) is 1. The summed E-state index contributed by atoms with van der Waals surface area (Å²) >= 11 is 9.48. The van der Waals surface area contributed by atoms with Gasteiger partial charge in [0.2, 0.25) is 0 Å². The number of nitrogens with one attached hydrogen (secondary N) is 1. The molecule has 0 aromatic heterocycles. The molecule has 4 nitrogen and oxygen atoms in total. The monoisotopic (exact) mass is 358 g/mol. The Labute approximate surface area is 131 Å². The lowest BCUT2D eigenvalue weighted by Gasteiger charge is -2.30. The number of ketones is 1. The van der Waals surface area contributed by atoms with E-state index in [9.17, 15) is 9.59 Å². The van der Waals surface area contributed by atoms with Crippen molar-refractivity contribution in [2.75, 3.05) is 18.4 Å². The number of carbonyl (C=O) groups is 2. The number of benzene rings is 1. The van der Waals surface area contributed by atoms with Gasteiger partial charge in [-0.15, -0.1) is 0 Å². The molecule has 0 aliphatic carbocycles. The molecule has 0 bridgehead atoms. The van der Waals surface area contributed by atoms with E-state index in [0.29, 0.717) is 30.2 Å². The summed E-state index contributed by atoms with van der Waals surface area (Å²) in [6.45, 7) is 4.67.